The van der Waals surface area contributed by atoms with Crippen LogP contribution >= 0.6 is 12.4 Å². The van der Waals surface area contributed by atoms with Crippen LogP contribution in [-0.4, -0.2) is 20.9 Å². The van der Waals surface area contributed by atoms with E-state index < -0.39 is 10.0 Å². The number of carbonyl (C=O) groups excluding carboxylic acids is 1. The first kappa shape index (κ1) is 22.4. The number of fused-ring (bicyclic) bond motifs is 1. The van der Waals surface area contributed by atoms with Gasteiger partial charge >= 0.3 is 0 Å². The Morgan fingerprint density at radius 1 is 1.07 bits per heavy atom. The lowest BCUT2D eigenvalue weighted by Crippen LogP contribution is -2.27. The number of carbonyl (C=O) groups is 1. The lowest BCUT2D eigenvalue weighted by Gasteiger charge is -2.10. The van der Waals surface area contributed by atoms with Crippen molar-refractivity contribution in [3.05, 3.63) is 64.7 Å². The first-order chi connectivity index (χ1) is 12.8. The summed E-state index contributed by atoms with van der Waals surface area (Å²) in [5.41, 5.74) is 4.04. The third-order valence-electron chi connectivity index (χ3n) is 4.46. The monoisotopic (exact) mass is 423 g/mol. The third-order valence-corrected chi connectivity index (χ3v) is 5.90. The summed E-state index contributed by atoms with van der Waals surface area (Å²) in [5, 5.41) is 6.18. The van der Waals surface area contributed by atoms with E-state index in [4.69, 9.17) is 0 Å². The quantitative estimate of drug-likeness (QED) is 0.638. The second-order valence-corrected chi connectivity index (χ2v) is 8.93. The second-order valence-electron chi connectivity index (χ2n) is 7.16. The van der Waals surface area contributed by atoms with Gasteiger partial charge in [0.15, 0.2) is 0 Å². The Morgan fingerprint density at radius 2 is 1.75 bits per heavy atom. The topological polar surface area (TPSA) is 87.3 Å². The molecule has 8 heteroatoms. The van der Waals surface area contributed by atoms with E-state index in [0.29, 0.717) is 18.7 Å². The second kappa shape index (κ2) is 9.52. The minimum Gasteiger partial charge on any atom is -0.348 e. The summed E-state index contributed by atoms with van der Waals surface area (Å²) < 4.78 is 27.0. The molecule has 0 fully saturated rings. The van der Waals surface area contributed by atoms with Crippen molar-refractivity contribution in [3.63, 3.8) is 0 Å². The van der Waals surface area contributed by atoms with Gasteiger partial charge in [-0.2, -0.15) is 0 Å². The van der Waals surface area contributed by atoms with Gasteiger partial charge in [0, 0.05) is 31.7 Å². The molecule has 0 atom stereocenters. The van der Waals surface area contributed by atoms with Crippen LogP contribution in [0.1, 0.15) is 40.9 Å². The zero-order chi connectivity index (χ0) is 19.4. The van der Waals surface area contributed by atoms with Crippen LogP contribution in [-0.2, 0) is 29.7 Å². The average Bonchev–Trinajstić information content (AvgIpc) is 3.12. The van der Waals surface area contributed by atoms with E-state index in [2.05, 4.69) is 27.5 Å². The molecule has 2 aromatic carbocycles. The molecule has 0 radical (unpaired) electrons. The molecule has 6 nitrogen and oxygen atoms in total. The fourth-order valence-electron chi connectivity index (χ4n) is 2.89. The molecule has 28 heavy (non-hydrogen) atoms. The van der Waals surface area contributed by atoms with Crippen molar-refractivity contribution >= 4 is 28.3 Å². The van der Waals surface area contributed by atoms with E-state index in [9.17, 15) is 13.2 Å². The number of hydrogen-bond donors (Lipinski definition) is 3. The highest BCUT2D eigenvalue weighted by atomic mass is 35.5. The molecule has 2 aromatic rings. The number of rotatable bonds is 7. The highest BCUT2D eigenvalue weighted by Crippen LogP contribution is 2.17. The molecule has 1 heterocycles. The third kappa shape index (κ3) is 5.54. The predicted octanol–water partition coefficient (Wildman–Crippen LogP) is 2.58. The Kier molecular flexibility index (Phi) is 7.60. The van der Waals surface area contributed by atoms with E-state index in [1.807, 2.05) is 19.9 Å². The fourth-order valence-corrected chi connectivity index (χ4v) is 4.10. The predicted molar refractivity (Wildman–Crippen MR) is 112 cm³/mol. The van der Waals surface area contributed by atoms with Crippen LogP contribution in [0.5, 0.6) is 0 Å². The molecule has 1 amide bonds. The molecule has 0 saturated heterocycles. The lowest BCUT2D eigenvalue weighted by atomic mass is 10.1. The van der Waals surface area contributed by atoms with Gasteiger partial charge in [-0.25, -0.2) is 13.1 Å². The van der Waals surface area contributed by atoms with Crippen LogP contribution in [0.15, 0.2) is 47.4 Å². The van der Waals surface area contributed by atoms with Gasteiger partial charge in [0.2, 0.25) is 10.0 Å². The van der Waals surface area contributed by atoms with Gasteiger partial charge in [-0.15, -0.1) is 12.4 Å². The molecule has 3 N–H and O–H groups in total. The standard InChI is InChI=1S/C20H25N3O3S.ClH/c1-14(2)10-23-27(25,26)19-7-5-16(6-8-19)20(24)22-11-15-3-4-17-12-21-13-18(17)9-15;/h3-9,14,21,23H,10-13H2,1-2H3,(H,22,24);1H. The average molecular weight is 424 g/mol. The normalized spacial score (nSPS) is 13.1. The first-order valence-electron chi connectivity index (χ1n) is 9.04. The molecule has 0 aliphatic carbocycles. The van der Waals surface area contributed by atoms with Crippen LogP contribution < -0.4 is 15.4 Å². The van der Waals surface area contributed by atoms with Crippen LogP contribution in [0.3, 0.4) is 0 Å². The summed E-state index contributed by atoms with van der Waals surface area (Å²) in [6.45, 7) is 6.44. The molecular weight excluding hydrogens is 398 g/mol. The number of amides is 1. The smallest absolute Gasteiger partial charge is 0.251 e. The molecule has 0 aromatic heterocycles. The summed E-state index contributed by atoms with van der Waals surface area (Å²) >= 11 is 0. The van der Waals surface area contributed by atoms with Crippen molar-refractivity contribution in [1.82, 2.24) is 15.4 Å². The Balaban J connectivity index is 0.00000280. The van der Waals surface area contributed by atoms with Crippen LogP contribution in [0.2, 0.25) is 0 Å². The lowest BCUT2D eigenvalue weighted by molar-refractivity contribution is 0.0951. The molecular formula is C20H26ClN3O3S. The van der Waals surface area contributed by atoms with Crippen molar-refractivity contribution < 1.29 is 13.2 Å². The van der Waals surface area contributed by atoms with Crippen molar-refractivity contribution in [1.29, 1.82) is 0 Å². The zero-order valence-corrected chi connectivity index (χ0v) is 17.6. The number of hydrogen-bond acceptors (Lipinski definition) is 4. The molecule has 0 bridgehead atoms. The van der Waals surface area contributed by atoms with Crippen LogP contribution in [0.4, 0.5) is 0 Å². The summed E-state index contributed by atoms with van der Waals surface area (Å²) in [7, 11) is -3.55. The van der Waals surface area contributed by atoms with Gasteiger partial charge in [0.05, 0.1) is 4.90 Å². The summed E-state index contributed by atoms with van der Waals surface area (Å²) in [4.78, 5) is 12.5. The van der Waals surface area contributed by atoms with Crippen molar-refractivity contribution in [3.8, 4) is 0 Å². The van der Waals surface area contributed by atoms with Crippen molar-refractivity contribution in [2.24, 2.45) is 5.92 Å². The van der Waals surface area contributed by atoms with Crippen LogP contribution in [0.25, 0.3) is 0 Å². The molecule has 1 aliphatic heterocycles. The SMILES string of the molecule is CC(C)CNS(=O)(=O)c1ccc(C(=O)NCc2ccc3c(c2)CNC3)cc1.Cl. The molecule has 0 spiro atoms. The largest absolute Gasteiger partial charge is 0.348 e. The number of nitrogens with one attached hydrogen (secondary N) is 3. The Morgan fingerprint density at radius 3 is 2.43 bits per heavy atom. The number of sulfonamides is 1. The first-order valence-corrected chi connectivity index (χ1v) is 10.5. The van der Waals surface area contributed by atoms with Gasteiger partial charge < -0.3 is 10.6 Å². The molecule has 152 valence electrons. The highest BCUT2D eigenvalue weighted by molar-refractivity contribution is 7.89. The fraction of sp³-hybridized carbons (Fsp3) is 0.350. The minimum atomic E-state index is -3.55. The van der Waals surface area contributed by atoms with Gasteiger partial charge in [-0.3, -0.25) is 4.79 Å². The van der Waals surface area contributed by atoms with Crippen LogP contribution in [0, 0.1) is 5.92 Å². The summed E-state index contributed by atoms with van der Waals surface area (Å²) in [6.07, 6.45) is 0. The Hall–Kier alpha value is -1.93. The molecule has 0 saturated carbocycles. The minimum absolute atomic E-state index is 0. The highest BCUT2D eigenvalue weighted by Gasteiger charge is 2.15. The Labute approximate surface area is 172 Å². The van der Waals surface area contributed by atoms with Gasteiger partial charge in [-0.05, 0) is 46.9 Å². The molecule has 0 unspecified atom stereocenters. The molecule has 1 aliphatic rings. The number of benzene rings is 2. The van der Waals surface area contributed by atoms with Gasteiger partial charge in [0.1, 0.15) is 0 Å². The maximum atomic E-state index is 12.3. The van der Waals surface area contributed by atoms with Gasteiger partial charge in [0.25, 0.3) is 5.91 Å². The van der Waals surface area contributed by atoms with Gasteiger partial charge in [-0.1, -0.05) is 32.0 Å². The van der Waals surface area contributed by atoms with E-state index in [0.717, 1.165) is 18.7 Å². The summed E-state index contributed by atoms with van der Waals surface area (Å²) in [6, 6.07) is 12.2. The van der Waals surface area contributed by atoms with Crippen molar-refractivity contribution in [2.75, 3.05) is 6.54 Å². The summed E-state index contributed by atoms with van der Waals surface area (Å²) in [5.74, 6) is -0.00691. The van der Waals surface area contributed by atoms with E-state index in [-0.39, 0.29) is 29.1 Å². The van der Waals surface area contributed by atoms with E-state index >= 15 is 0 Å². The molecule has 3 rings (SSSR count). The maximum Gasteiger partial charge on any atom is 0.251 e. The van der Waals surface area contributed by atoms with Crippen molar-refractivity contribution in [2.45, 2.75) is 38.4 Å². The Bertz CT molecular complexity index is 928. The van der Waals surface area contributed by atoms with E-state index in [1.54, 1.807) is 0 Å². The maximum absolute atomic E-state index is 12.3. The zero-order valence-electron chi connectivity index (χ0n) is 16.0. The van der Waals surface area contributed by atoms with E-state index in [1.165, 1.54) is 35.4 Å². The number of halogens is 1.